The quantitative estimate of drug-likeness (QED) is 0.716. The molecule has 130 valence electrons. The second-order valence-electron chi connectivity index (χ2n) is 5.14. The van der Waals surface area contributed by atoms with Gasteiger partial charge in [0.05, 0.1) is 4.90 Å². The molecule has 0 atom stereocenters. The molecule has 0 spiro atoms. The summed E-state index contributed by atoms with van der Waals surface area (Å²) in [5.74, 6) is -0.254. The number of methoxy groups -OCH3 is 1. The number of carbonyl (C=O) groups excluding carboxylic acids is 1. The van der Waals surface area contributed by atoms with E-state index in [1.165, 1.54) is 26.3 Å². The van der Waals surface area contributed by atoms with Crippen molar-refractivity contribution in [2.75, 3.05) is 32.6 Å². The lowest BCUT2D eigenvalue weighted by molar-refractivity contribution is -0.140. The molecule has 2 rings (SSSR count). The van der Waals surface area contributed by atoms with Crippen LogP contribution in [0.25, 0.3) is 0 Å². The van der Waals surface area contributed by atoms with Gasteiger partial charge in [0.2, 0.25) is 10.0 Å². The van der Waals surface area contributed by atoms with Gasteiger partial charge in [0, 0.05) is 12.8 Å². The maximum absolute atomic E-state index is 12.5. The Labute approximate surface area is 142 Å². The molecule has 1 aromatic carbocycles. The van der Waals surface area contributed by atoms with Gasteiger partial charge in [-0.2, -0.15) is 0 Å². The van der Waals surface area contributed by atoms with E-state index in [-0.39, 0.29) is 23.2 Å². The van der Waals surface area contributed by atoms with Crippen LogP contribution in [0.2, 0.25) is 0 Å². The zero-order valence-electron chi connectivity index (χ0n) is 13.1. The van der Waals surface area contributed by atoms with E-state index in [4.69, 9.17) is 4.74 Å². The van der Waals surface area contributed by atoms with E-state index >= 15 is 0 Å². The molecule has 3 N–H and O–H groups in total. The largest absolute Gasteiger partial charge is 0.368 e. The van der Waals surface area contributed by atoms with Crippen molar-refractivity contribution in [1.82, 2.24) is 10.0 Å². The van der Waals surface area contributed by atoms with Crippen LogP contribution in [0.4, 0.5) is 5.69 Å². The fourth-order valence-corrected chi connectivity index (χ4v) is 3.23. The highest BCUT2D eigenvalue weighted by Gasteiger charge is 2.39. The fourth-order valence-electron chi connectivity index (χ4n) is 2.46. The Kier molecular flexibility index (Phi) is 6.97. The molecule has 0 unspecified atom stereocenters. The molecule has 0 radical (unpaired) electrons. The molecule has 1 fully saturated rings. The molecule has 1 saturated heterocycles. The minimum absolute atomic E-state index is 0. The van der Waals surface area contributed by atoms with E-state index in [2.05, 4.69) is 15.4 Å². The predicted molar refractivity (Wildman–Crippen MR) is 90.4 cm³/mol. The van der Waals surface area contributed by atoms with Crippen molar-refractivity contribution in [3.8, 4) is 0 Å². The number of hydrogen-bond donors (Lipinski definition) is 3. The molecule has 0 aliphatic carbocycles. The summed E-state index contributed by atoms with van der Waals surface area (Å²) < 4.78 is 31.3. The maximum atomic E-state index is 12.5. The standard InChI is InChI=1S/C14H21N3O4S.ClH/c1-15-22(19,20)12-5-3-4-11(10-12)17-13(18)14(21-2)6-8-16-9-7-14;/h3-5,10,15-16H,6-9H2,1-2H3,(H,17,18);1H. The molecule has 1 aliphatic rings. The van der Waals surface area contributed by atoms with Crippen molar-refractivity contribution < 1.29 is 17.9 Å². The topological polar surface area (TPSA) is 96.5 Å². The Balaban J connectivity index is 0.00000264. The van der Waals surface area contributed by atoms with Gasteiger partial charge in [0.15, 0.2) is 0 Å². The van der Waals surface area contributed by atoms with Crippen LogP contribution in [-0.4, -0.2) is 47.2 Å². The lowest BCUT2D eigenvalue weighted by Crippen LogP contribution is -2.51. The molecule has 1 amide bonds. The first kappa shape index (κ1) is 19.9. The first-order valence-electron chi connectivity index (χ1n) is 7.04. The maximum Gasteiger partial charge on any atom is 0.256 e. The number of sulfonamides is 1. The minimum Gasteiger partial charge on any atom is -0.368 e. The molecular formula is C14H22ClN3O4S. The summed E-state index contributed by atoms with van der Waals surface area (Å²) in [6, 6.07) is 6.13. The Bertz CT molecular complexity index is 645. The normalized spacial score (nSPS) is 17.1. The average Bonchev–Trinajstić information content (AvgIpc) is 2.55. The lowest BCUT2D eigenvalue weighted by atomic mass is 9.91. The molecule has 23 heavy (non-hydrogen) atoms. The van der Waals surface area contributed by atoms with Crippen molar-refractivity contribution in [3.05, 3.63) is 24.3 Å². The molecule has 0 aromatic heterocycles. The number of hydrogen-bond acceptors (Lipinski definition) is 5. The smallest absolute Gasteiger partial charge is 0.256 e. The summed E-state index contributed by atoms with van der Waals surface area (Å²) in [5.41, 5.74) is -0.445. The summed E-state index contributed by atoms with van der Waals surface area (Å²) in [4.78, 5) is 12.6. The van der Waals surface area contributed by atoms with Gasteiger partial charge >= 0.3 is 0 Å². The zero-order chi connectivity index (χ0) is 16.2. The number of nitrogens with one attached hydrogen (secondary N) is 3. The van der Waals surface area contributed by atoms with E-state index in [9.17, 15) is 13.2 Å². The summed E-state index contributed by atoms with van der Waals surface area (Å²) in [6.45, 7) is 1.41. The van der Waals surface area contributed by atoms with Crippen LogP contribution in [0.3, 0.4) is 0 Å². The molecule has 7 nitrogen and oxygen atoms in total. The van der Waals surface area contributed by atoms with Crippen molar-refractivity contribution >= 4 is 34.0 Å². The molecule has 1 heterocycles. The van der Waals surface area contributed by atoms with Crippen molar-refractivity contribution in [2.24, 2.45) is 0 Å². The molecule has 0 bridgehead atoms. The Morgan fingerprint density at radius 2 is 1.96 bits per heavy atom. The lowest BCUT2D eigenvalue weighted by Gasteiger charge is -2.34. The highest BCUT2D eigenvalue weighted by atomic mass is 35.5. The van der Waals surface area contributed by atoms with E-state index in [1.807, 2.05) is 0 Å². The van der Waals surface area contributed by atoms with Crippen LogP contribution < -0.4 is 15.4 Å². The summed E-state index contributed by atoms with van der Waals surface area (Å²) in [5, 5.41) is 5.94. The Morgan fingerprint density at radius 1 is 1.30 bits per heavy atom. The highest BCUT2D eigenvalue weighted by molar-refractivity contribution is 7.89. The Morgan fingerprint density at radius 3 is 2.52 bits per heavy atom. The molecule has 1 aromatic rings. The average molecular weight is 364 g/mol. The third kappa shape index (κ3) is 4.42. The first-order chi connectivity index (χ1) is 10.4. The summed E-state index contributed by atoms with van der Waals surface area (Å²) >= 11 is 0. The van der Waals surface area contributed by atoms with Gasteiger partial charge in [-0.15, -0.1) is 12.4 Å². The van der Waals surface area contributed by atoms with E-state index in [0.29, 0.717) is 31.6 Å². The van der Waals surface area contributed by atoms with E-state index < -0.39 is 15.6 Å². The van der Waals surface area contributed by atoms with Gasteiger partial charge in [-0.25, -0.2) is 13.1 Å². The predicted octanol–water partition coefficient (Wildman–Crippen LogP) is 0.724. The number of ether oxygens (including phenoxy) is 1. The number of piperidine rings is 1. The third-order valence-corrected chi connectivity index (χ3v) is 5.30. The van der Waals surface area contributed by atoms with Gasteiger partial charge in [-0.1, -0.05) is 6.07 Å². The van der Waals surface area contributed by atoms with Crippen molar-refractivity contribution in [2.45, 2.75) is 23.3 Å². The van der Waals surface area contributed by atoms with Gasteiger partial charge in [-0.05, 0) is 51.2 Å². The van der Waals surface area contributed by atoms with E-state index in [1.54, 1.807) is 12.1 Å². The zero-order valence-corrected chi connectivity index (χ0v) is 14.7. The van der Waals surface area contributed by atoms with Crippen LogP contribution in [0.15, 0.2) is 29.2 Å². The van der Waals surface area contributed by atoms with Crippen LogP contribution in [-0.2, 0) is 19.6 Å². The van der Waals surface area contributed by atoms with Crippen LogP contribution in [0.5, 0.6) is 0 Å². The van der Waals surface area contributed by atoms with Gasteiger partial charge < -0.3 is 15.4 Å². The summed E-state index contributed by atoms with van der Waals surface area (Å²) in [7, 11) is -0.681. The fraction of sp³-hybridized carbons (Fsp3) is 0.500. The number of halogens is 1. The van der Waals surface area contributed by atoms with E-state index in [0.717, 1.165) is 0 Å². The number of anilines is 1. The SMILES string of the molecule is CNS(=O)(=O)c1cccc(NC(=O)C2(OC)CCNCC2)c1.Cl. The van der Waals surface area contributed by atoms with Gasteiger partial charge in [0.25, 0.3) is 5.91 Å². The molecular weight excluding hydrogens is 342 g/mol. The Hall–Kier alpha value is -1.19. The second-order valence-corrected chi connectivity index (χ2v) is 7.02. The number of rotatable bonds is 5. The van der Waals surface area contributed by atoms with Crippen LogP contribution >= 0.6 is 12.4 Å². The minimum atomic E-state index is -3.54. The van der Waals surface area contributed by atoms with Crippen LogP contribution in [0.1, 0.15) is 12.8 Å². The van der Waals surface area contributed by atoms with Crippen LogP contribution in [0, 0.1) is 0 Å². The molecule has 1 aliphatic heterocycles. The van der Waals surface area contributed by atoms with Crippen molar-refractivity contribution in [3.63, 3.8) is 0 Å². The summed E-state index contributed by atoms with van der Waals surface area (Å²) in [6.07, 6.45) is 1.15. The highest BCUT2D eigenvalue weighted by Crippen LogP contribution is 2.25. The number of carbonyl (C=O) groups is 1. The second kappa shape index (κ2) is 8.07. The number of amides is 1. The first-order valence-corrected chi connectivity index (χ1v) is 8.53. The molecule has 0 saturated carbocycles. The van der Waals surface area contributed by atoms with Gasteiger partial charge in [-0.3, -0.25) is 4.79 Å². The molecule has 9 heteroatoms. The third-order valence-electron chi connectivity index (χ3n) is 3.89. The van der Waals surface area contributed by atoms with Gasteiger partial charge in [0.1, 0.15) is 5.60 Å². The number of benzene rings is 1. The monoisotopic (exact) mass is 363 g/mol. The van der Waals surface area contributed by atoms with Crippen molar-refractivity contribution in [1.29, 1.82) is 0 Å².